The van der Waals surface area contributed by atoms with E-state index in [0.29, 0.717) is 9.50 Å². The van der Waals surface area contributed by atoms with Crippen molar-refractivity contribution in [2.24, 2.45) is 5.92 Å². The van der Waals surface area contributed by atoms with Crippen molar-refractivity contribution >= 4 is 28.6 Å². The summed E-state index contributed by atoms with van der Waals surface area (Å²) in [5, 5.41) is 2.31. The summed E-state index contributed by atoms with van der Waals surface area (Å²) >= 11 is 1.90. The van der Waals surface area contributed by atoms with E-state index in [-0.39, 0.29) is 11.6 Å². The Hall–Kier alpha value is -0.100. The third-order valence-electron chi connectivity index (χ3n) is 3.00. The molecule has 0 aliphatic carbocycles. The van der Waals surface area contributed by atoms with Crippen molar-refractivity contribution in [2.45, 2.75) is 32.3 Å². The first-order valence-corrected chi connectivity index (χ1v) is 6.41. The normalized spacial score (nSPS) is 18.6. The summed E-state index contributed by atoms with van der Waals surface area (Å²) in [6, 6.07) is 0. The van der Waals surface area contributed by atoms with Crippen LogP contribution < -0.4 is 5.32 Å². The van der Waals surface area contributed by atoms with Crippen molar-refractivity contribution in [3.05, 3.63) is 10.2 Å². The molecule has 0 spiro atoms. The fourth-order valence-electron chi connectivity index (χ4n) is 2.00. The molecule has 86 valence electrons. The summed E-state index contributed by atoms with van der Waals surface area (Å²) in [5.74, 6) is 0.192. The van der Waals surface area contributed by atoms with Crippen LogP contribution in [0.2, 0.25) is 0 Å². The van der Waals surface area contributed by atoms with Gasteiger partial charge in [0, 0.05) is 18.8 Å². The Morgan fingerprint density at radius 3 is 2.47 bits per heavy atom. The first kappa shape index (κ1) is 13.0. The van der Waals surface area contributed by atoms with Crippen LogP contribution in [0.25, 0.3) is 0 Å². The van der Waals surface area contributed by atoms with Crippen LogP contribution in [-0.4, -0.2) is 24.7 Å². The minimum Gasteiger partial charge on any atom is -0.455 e. The van der Waals surface area contributed by atoms with E-state index in [2.05, 4.69) is 11.9 Å². The molecule has 0 aromatic heterocycles. The highest BCUT2D eigenvalue weighted by Crippen LogP contribution is 2.29. The fraction of sp³-hybridized carbons (Fsp3) is 0.727. The molecule has 0 radical (unpaired) electrons. The standard InChI is InChI=1S/C11H18INO2/c1-8(12)10(14)15-11(2,3)9-4-6-13-7-5-9/h9,13H,1,4-7H2,2-3H3/p+1. The first-order chi connectivity index (χ1) is 6.93. The molecule has 4 heteroatoms. The van der Waals surface area contributed by atoms with Gasteiger partial charge >= 0.3 is 5.97 Å². The summed E-state index contributed by atoms with van der Waals surface area (Å²) in [6.45, 7) is 9.86. The molecule has 1 heterocycles. The highest BCUT2D eigenvalue weighted by molar-refractivity contribution is 14.1. The molecule has 0 unspecified atom stereocenters. The number of hydrogen-bond acceptors (Lipinski definition) is 2. The molecule has 15 heavy (non-hydrogen) atoms. The van der Waals surface area contributed by atoms with Crippen LogP contribution in [-0.2, 0) is 9.53 Å². The number of quaternary nitrogens is 1. The molecule has 1 saturated heterocycles. The van der Waals surface area contributed by atoms with Crippen LogP contribution in [0.5, 0.6) is 0 Å². The number of carbonyl (C=O) groups is 1. The molecular formula is C11H19INO2+. The van der Waals surface area contributed by atoms with Gasteiger partial charge in [-0.05, 0) is 36.4 Å². The zero-order chi connectivity index (χ0) is 11.5. The molecule has 1 rings (SSSR count). The monoisotopic (exact) mass is 324 g/mol. The van der Waals surface area contributed by atoms with E-state index in [1.165, 1.54) is 0 Å². The number of piperidine rings is 1. The van der Waals surface area contributed by atoms with Crippen LogP contribution in [0.4, 0.5) is 0 Å². The number of halogens is 1. The fourth-order valence-corrected chi connectivity index (χ4v) is 2.11. The van der Waals surface area contributed by atoms with Crippen molar-refractivity contribution in [2.75, 3.05) is 13.1 Å². The van der Waals surface area contributed by atoms with Gasteiger partial charge in [0.05, 0.1) is 16.7 Å². The van der Waals surface area contributed by atoms with E-state index in [4.69, 9.17) is 4.74 Å². The van der Waals surface area contributed by atoms with Gasteiger partial charge in [-0.3, -0.25) is 0 Å². The number of ether oxygens (including phenoxy) is 1. The summed E-state index contributed by atoms with van der Waals surface area (Å²) < 4.78 is 5.93. The summed E-state index contributed by atoms with van der Waals surface area (Å²) in [7, 11) is 0. The van der Waals surface area contributed by atoms with E-state index in [9.17, 15) is 4.79 Å². The number of carbonyl (C=O) groups excluding carboxylic acids is 1. The Morgan fingerprint density at radius 2 is 2.00 bits per heavy atom. The van der Waals surface area contributed by atoms with Gasteiger partial charge in [-0.1, -0.05) is 6.58 Å². The van der Waals surface area contributed by atoms with Crippen LogP contribution in [0, 0.1) is 5.92 Å². The lowest BCUT2D eigenvalue weighted by molar-refractivity contribution is -0.665. The summed E-state index contributed by atoms with van der Waals surface area (Å²) in [5.41, 5.74) is -0.362. The molecule has 1 aliphatic rings. The van der Waals surface area contributed by atoms with Gasteiger partial charge in [0.25, 0.3) is 0 Å². The Balaban J connectivity index is 2.56. The van der Waals surface area contributed by atoms with E-state index in [1.807, 2.05) is 36.4 Å². The van der Waals surface area contributed by atoms with Gasteiger partial charge in [0.1, 0.15) is 5.60 Å². The van der Waals surface area contributed by atoms with Gasteiger partial charge in [0.15, 0.2) is 0 Å². The predicted octanol–water partition coefficient (Wildman–Crippen LogP) is 1.23. The third kappa shape index (κ3) is 3.75. The highest BCUT2D eigenvalue weighted by atomic mass is 127. The van der Waals surface area contributed by atoms with E-state index < -0.39 is 0 Å². The molecule has 1 aliphatic heterocycles. The second kappa shape index (κ2) is 5.30. The van der Waals surface area contributed by atoms with Crippen LogP contribution >= 0.6 is 22.6 Å². The quantitative estimate of drug-likeness (QED) is 0.482. The Kier molecular flexibility index (Phi) is 4.58. The zero-order valence-corrected chi connectivity index (χ0v) is 11.5. The number of hydrogen-bond donors (Lipinski definition) is 1. The first-order valence-electron chi connectivity index (χ1n) is 5.33. The molecule has 0 aromatic carbocycles. The molecular weight excluding hydrogens is 305 g/mol. The number of nitrogens with two attached hydrogens (primary N) is 1. The minimum absolute atomic E-state index is 0.282. The molecule has 3 nitrogen and oxygen atoms in total. The lowest BCUT2D eigenvalue weighted by Gasteiger charge is -2.35. The maximum absolute atomic E-state index is 11.5. The smallest absolute Gasteiger partial charge is 0.344 e. The Bertz CT molecular complexity index is 257. The molecule has 0 bridgehead atoms. The Labute approximate surface area is 105 Å². The Morgan fingerprint density at radius 1 is 1.47 bits per heavy atom. The van der Waals surface area contributed by atoms with Gasteiger partial charge in [-0.2, -0.15) is 0 Å². The molecule has 0 amide bonds. The average Bonchev–Trinajstić information content (AvgIpc) is 2.18. The lowest BCUT2D eigenvalue weighted by atomic mass is 9.83. The SMILES string of the molecule is C=C(I)C(=O)OC(C)(C)C1CC[NH2+]CC1. The second-order valence-electron chi connectivity index (χ2n) is 4.54. The predicted molar refractivity (Wildman–Crippen MR) is 67.7 cm³/mol. The molecule has 0 aromatic rings. The number of esters is 1. The lowest BCUT2D eigenvalue weighted by Crippen LogP contribution is -2.86. The van der Waals surface area contributed by atoms with Crippen molar-refractivity contribution in [1.29, 1.82) is 0 Å². The molecule has 0 saturated carbocycles. The average molecular weight is 324 g/mol. The van der Waals surface area contributed by atoms with Gasteiger partial charge in [0.2, 0.25) is 0 Å². The maximum atomic E-state index is 11.5. The highest BCUT2D eigenvalue weighted by Gasteiger charge is 2.35. The van der Waals surface area contributed by atoms with Crippen LogP contribution in [0.3, 0.4) is 0 Å². The third-order valence-corrected chi connectivity index (χ3v) is 3.44. The van der Waals surface area contributed by atoms with Crippen molar-refractivity contribution in [3.8, 4) is 0 Å². The van der Waals surface area contributed by atoms with E-state index in [0.717, 1.165) is 25.9 Å². The summed E-state index contributed by atoms with van der Waals surface area (Å²) in [6.07, 6.45) is 2.24. The van der Waals surface area contributed by atoms with E-state index >= 15 is 0 Å². The van der Waals surface area contributed by atoms with E-state index in [1.54, 1.807) is 0 Å². The van der Waals surface area contributed by atoms with Gasteiger partial charge in [-0.15, -0.1) is 0 Å². The van der Waals surface area contributed by atoms with Crippen molar-refractivity contribution in [3.63, 3.8) is 0 Å². The van der Waals surface area contributed by atoms with Gasteiger partial charge in [-0.25, -0.2) is 4.79 Å². The van der Waals surface area contributed by atoms with Crippen molar-refractivity contribution < 1.29 is 14.8 Å². The topological polar surface area (TPSA) is 42.9 Å². The van der Waals surface area contributed by atoms with Gasteiger partial charge < -0.3 is 10.1 Å². The van der Waals surface area contributed by atoms with Crippen molar-refractivity contribution in [1.82, 2.24) is 0 Å². The van der Waals surface area contributed by atoms with Crippen LogP contribution in [0.15, 0.2) is 10.2 Å². The zero-order valence-electron chi connectivity index (χ0n) is 9.38. The molecule has 0 atom stereocenters. The second-order valence-corrected chi connectivity index (χ2v) is 5.84. The molecule has 1 fully saturated rings. The minimum atomic E-state index is -0.362. The number of rotatable bonds is 3. The molecule has 2 N–H and O–H groups in total. The maximum Gasteiger partial charge on any atom is 0.344 e. The van der Waals surface area contributed by atoms with Crippen LogP contribution in [0.1, 0.15) is 26.7 Å². The largest absolute Gasteiger partial charge is 0.455 e. The summed E-state index contributed by atoms with van der Waals surface area (Å²) in [4.78, 5) is 11.5.